The topological polar surface area (TPSA) is 470 Å². The molecule has 0 rings (SSSR count). The minimum Gasteiger partial charge on any atom is -0.480 e. The van der Waals surface area contributed by atoms with E-state index in [9.17, 15) is 63.3 Å². The van der Waals surface area contributed by atoms with E-state index in [1.165, 1.54) is 27.7 Å². The molecule has 0 heterocycles. The van der Waals surface area contributed by atoms with E-state index in [0.29, 0.717) is 43.3 Å². The maximum Gasteiger partial charge on any atom is 0.326 e. The van der Waals surface area contributed by atoms with Crippen molar-refractivity contribution in [1.82, 2.24) is 42.5 Å². The van der Waals surface area contributed by atoms with Crippen LogP contribution < -0.4 is 71.2 Å². The van der Waals surface area contributed by atoms with Crippen LogP contribution in [-0.4, -0.2) is 192 Å². The van der Waals surface area contributed by atoms with Gasteiger partial charge >= 0.3 is 5.97 Å². The number of rotatable bonds is 35. The van der Waals surface area contributed by atoms with Crippen LogP contribution in [0.15, 0.2) is 4.99 Å². The number of nitrogens with one attached hydrogen (secondary N) is 8. The molecule has 0 aromatic rings. The highest BCUT2D eigenvalue weighted by Gasteiger charge is 2.36. The van der Waals surface area contributed by atoms with Gasteiger partial charge in [-0.1, -0.05) is 0 Å². The van der Waals surface area contributed by atoms with E-state index in [2.05, 4.69) is 47.5 Å². The number of hydrogen-bond donors (Lipinski definition) is 16. The number of carbonyl (C=O) groups excluding carboxylic acids is 9. The molecule has 9 amide bonds. The van der Waals surface area contributed by atoms with Crippen molar-refractivity contribution in [3.05, 3.63) is 0 Å². The first kappa shape index (κ1) is 64.8. The average molecular weight is 1020 g/mol. The van der Waals surface area contributed by atoms with Crippen LogP contribution in [0.1, 0.15) is 98.8 Å². The number of aliphatic carboxylic acids is 1. The SMILES string of the molecule is C[C@H](N)C(=O)N[C@@H](CCCN=C(N)N)C(=O)N[C@H](C(=O)N[C@@H](CCCC[N+](C)(C)C)C(=O)N[C@@H](CCC(N)=O)C(=O)N[C@H](C(=O)N[C@@H](C)C(=O)N[C@@H](C)C(=O)N[C@@H](CCCCN)C(=O)O)[C@@H](C)O)[C@@H](C)O. The van der Waals surface area contributed by atoms with E-state index < -0.39 is 139 Å². The van der Waals surface area contributed by atoms with E-state index in [1.807, 2.05) is 21.1 Å². The molecule has 406 valence electrons. The van der Waals surface area contributed by atoms with Crippen LogP contribution in [0.4, 0.5) is 0 Å². The van der Waals surface area contributed by atoms with Gasteiger partial charge in [0.25, 0.3) is 0 Å². The summed E-state index contributed by atoms with van der Waals surface area (Å²) in [6, 6.07) is -12.7. The number of carboxylic acids is 1. The molecular weight excluding hydrogens is 935 g/mol. The normalized spacial score (nSPS) is 15.9. The maximum absolute atomic E-state index is 14.1. The zero-order valence-corrected chi connectivity index (χ0v) is 42.2. The van der Waals surface area contributed by atoms with Gasteiger partial charge in [0.15, 0.2) is 5.96 Å². The summed E-state index contributed by atoms with van der Waals surface area (Å²) in [5, 5.41) is 50.0. The number of hydrogen-bond acceptors (Lipinski definition) is 15. The minimum atomic E-state index is -1.77. The molecule has 0 bridgehead atoms. The van der Waals surface area contributed by atoms with Crippen molar-refractivity contribution in [3.63, 3.8) is 0 Å². The number of aliphatic hydroxyl groups is 2. The third-order valence-corrected chi connectivity index (χ3v) is 10.7. The monoisotopic (exact) mass is 1020 g/mol. The van der Waals surface area contributed by atoms with Gasteiger partial charge in [-0.3, -0.25) is 48.1 Å². The highest BCUT2D eigenvalue weighted by molar-refractivity contribution is 5.98. The van der Waals surface area contributed by atoms with Crippen molar-refractivity contribution in [3.8, 4) is 0 Å². The predicted octanol–water partition coefficient (Wildman–Crippen LogP) is -6.58. The molecule has 21 N–H and O–H groups in total. The van der Waals surface area contributed by atoms with Crippen molar-refractivity contribution in [2.45, 2.75) is 165 Å². The summed E-state index contributed by atoms with van der Waals surface area (Å²) in [5.41, 5.74) is 27.3. The molecule has 0 aliphatic carbocycles. The lowest BCUT2D eigenvalue weighted by Gasteiger charge is -2.29. The third-order valence-electron chi connectivity index (χ3n) is 10.7. The summed E-state index contributed by atoms with van der Waals surface area (Å²) in [4.78, 5) is 134. The molecular formula is C43H82N15O13+. The summed E-state index contributed by atoms with van der Waals surface area (Å²) >= 11 is 0. The van der Waals surface area contributed by atoms with Crippen molar-refractivity contribution in [2.75, 3.05) is 40.8 Å². The van der Waals surface area contributed by atoms with Gasteiger partial charge in [-0.25, -0.2) is 4.79 Å². The van der Waals surface area contributed by atoms with Crippen LogP contribution in [-0.2, 0) is 47.9 Å². The van der Waals surface area contributed by atoms with E-state index >= 15 is 0 Å². The summed E-state index contributed by atoms with van der Waals surface area (Å²) in [6.07, 6.45) is -1.97. The van der Waals surface area contributed by atoms with Gasteiger partial charge in [0.1, 0.15) is 48.3 Å². The number of nitrogens with zero attached hydrogens (tertiary/aromatic N) is 2. The van der Waals surface area contributed by atoms with Gasteiger partial charge in [-0.2, -0.15) is 0 Å². The Kier molecular flexibility index (Phi) is 29.8. The predicted molar refractivity (Wildman–Crippen MR) is 259 cm³/mol. The number of guanidine groups is 1. The lowest BCUT2D eigenvalue weighted by atomic mass is 10.0. The van der Waals surface area contributed by atoms with Gasteiger partial charge in [0.2, 0.25) is 53.2 Å². The Labute approximate surface area is 414 Å². The van der Waals surface area contributed by atoms with Crippen LogP contribution >= 0.6 is 0 Å². The van der Waals surface area contributed by atoms with Crippen LogP contribution in [0.5, 0.6) is 0 Å². The summed E-state index contributed by atoms with van der Waals surface area (Å²) < 4.78 is 0.560. The second kappa shape index (κ2) is 32.6. The molecule has 0 saturated heterocycles. The molecule has 11 atom stereocenters. The standard InChI is InChI=1S/C43H81N15O13/c1-22(45)34(62)52-28(16-13-20-49-43(47)48)38(66)57-33(26(5)60)41(69)54-27(14-10-12-21-58(6,7)8)37(65)53-29(17-18-31(46)61)39(67)56-32(25(4)59)40(68)51-23(2)35(63)50-24(3)36(64)55-30(42(70)71)15-9-11-19-44/h22-30,32-33,59-60H,9-21,44-45H2,1-8H3,(H14-,46,47,48,49,50,51,52,53,54,55,56,57,61,62,63,64,65,66,67,68,69,70,71)/p+1/t22-,23-,24-,25+,26+,27-,28-,29-,30-,32-,33-/m0/s1. The Morgan fingerprint density at radius 2 is 0.901 bits per heavy atom. The number of aliphatic hydroxyl groups excluding tert-OH is 2. The Morgan fingerprint density at radius 1 is 0.507 bits per heavy atom. The highest BCUT2D eigenvalue weighted by Crippen LogP contribution is 2.10. The van der Waals surface area contributed by atoms with Crippen LogP contribution in [0.2, 0.25) is 0 Å². The third kappa shape index (κ3) is 27.1. The molecule has 0 saturated carbocycles. The minimum absolute atomic E-state index is 0.0126. The van der Waals surface area contributed by atoms with E-state index in [1.54, 1.807) is 0 Å². The fourth-order valence-corrected chi connectivity index (χ4v) is 6.51. The van der Waals surface area contributed by atoms with E-state index in [0.717, 1.165) is 6.92 Å². The van der Waals surface area contributed by atoms with Gasteiger partial charge in [0.05, 0.1) is 45.9 Å². The van der Waals surface area contributed by atoms with Crippen LogP contribution in [0, 0.1) is 0 Å². The number of nitrogens with two attached hydrogens (primary N) is 5. The number of carbonyl (C=O) groups is 10. The van der Waals surface area contributed by atoms with Crippen molar-refractivity contribution >= 4 is 65.1 Å². The maximum atomic E-state index is 14.1. The highest BCUT2D eigenvalue weighted by atomic mass is 16.4. The first-order valence-corrected chi connectivity index (χ1v) is 23.5. The number of aliphatic imine (C=N–C) groups is 1. The molecule has 0 aliphatic heterocycles. The fraction of sp³-hybridized carbons (Fsp3) is 0.744. The molecule has 0 aromatic heterocycles. The second-order valence-electron chi connectivity index (χ2n) is 18.5. The summed E-state index contributed by atoms with van der Waals surface area (Å²) in [6.45, 7) is 7.32. The summed E-state index contributed by atoms with van der Waals surface area (Å²) in [5.74, 6) is -9.82. The van der Waals surface area contributed by atoms with E-state index in [4.69, 9.17) is 28.7 Å². The number of unbranched alkanes of at least 4 members (excludes halogenated alkanes) is 2. The second-order valence-corrected chi connectivity index (χ2v) is 18.5. The number of primary amides is 1. The molecule has 0 fully saturated rings. The Hall–Kier alpha value is -6.23. The van der Waals surface area contributed by atoms with Crippen molar-refractivity contribution in [1.29, 1.82) is 0 Å². The number of quaternary nitrogens is 1. The molecule has 71 heavy (non-hydrogen) atoms. The zero-order valence-electron chi connectivity index (χ0n) is 42.2. The first-order chi connectivity index (χ1) is 32.9. The number of amides is 9. The smallest absolute Gasteiger partial charge is 0.326 e. The Morgan fingerprint density at radius 3 is 1.35 bits per heavy atom. The molecule has 0 aliphatic rings. The molecule has 0 spiro atoms. The van der Waals surface area contributed by atoms with Gasteiger partial charge in [0, 0.05) is 13.0 Å². The lowest BCUT2D eigenvalue weighted by Crippen LogP contribution is -2.62. The Bertz CT molecular complexity index is 1820. The average Bonchev–Trinajstić information content (AvgIpc) is 3.26. The van der Waals surface area contributed by atoms with Crippen molar-refractivity contribution < 1.29 is 67.7 Å². The van der Waals surface area contributed by atoms with Gasteiger partial charge in [-0.05, 0) is 99.0 Å². The number of carboxylic acid groups (broad SMARTS) is 1. The molecule has 0 unspecified atom stereocenters. The van der Waals surface area contributed by atoms with Gasteiger partial charge in [-0.15, -0.1) is 0 Å². The van der Waals surface area contributed by atoms with Crippen molar-refractivity contribution in [2.24, 2.45) is 33.7 Å². The largest absolute Gasteiger partial charge is 0.480 e. The molecule has 28 heteroatoms. The zero-order chi connectivity index (χ0) is 54.8. The van der Waals surface area contributed by atoms with E-state index in [-0.39, 0.29) is 38.2 Å². The van der Waals surface area contributed by atoms with Gasteiger partial charge < -0.3 is 91.0 Å². The van der Waals surface area contributed by atoms with Crippen LogP contribution in [0.3, 0.4) is 0 Å². The lowest BCUT2D eigenvalue weighted by molar-refractivity contribution is -0.870. The Balaban J connectivity index is 6.45. The molecule has 28 nitrogen and oxygen atoms in total. The fourth-order valence-electron chi connectivity index (χ4n) is 6.51. The molecule has 0 aromatic carbocycles. The van der Waals surface area contributed by atoms with Crippen LogP contribution in [0.25, 0.3) is 0 Å². The summed E-state index contributed by atoms with van der Waals surface area (Å²) in [7, 11) is 5.83. The quantitative estimate of drug-likeness (QED) is 0.0121. The first-order valence-electron chi connectivity index (χ1n) is 23.5. The molecule has 0 radical (unpaired) electrons.